The van der Waals surface area contributed by atoms with Crippen LogP contribution in [-0.4, -0.2) is 32.5 Å². The van der Waals surface area contributed by atoms with E-state index in [4.69, 9.17) is 0 Å². The number of amides is 1. The molecule has 2 N–H and O–H groups in total. The minimum Gasteiger partial charge on any atom is -0.378 e. The molecule has 0 unspecified atom stereocenters. The van der Waals surface area contributed by atoms with Crippen LogP contribution in [0, 0.1) is 6.92 Å². The quantitative estimate of drug-likeness (QED) is 0.694. The summed E-state index contributed by atoms with van der Waals surface area (Å²) in [5.74, 6) is 1.36. The molecular formula is C19H27N5OS. The van der Waals surface area contributed by atoms with Gasteiger partial charge < -0.3 is 15.2 Å². The van der Waals surface area contributed by atoms with E-state index in [0.717, 1.165) is 36.1 Å². The van der Waals surface area contributed by atoms with Gasteiger partial charge in [0.25, 0.3) is 0 Å². The van der Waals surface area contributed by atoms with E-state index in [1.807, 2.05) is 0 Å². The summed E-state index contributed by atoms with van der Waals surface area (Å²) in [5, 5.41) is 15.9. The normalized spacial score (nSPS) is 14.5. The highest BCUT2D eigenvalue weighted by Gasteiger charge is 2.18. The fourth-order valence-corrected chi connectivity index (χ4v) is 4.03. The maximum atomic E-state index is 12.1. The number of nitrogens with one attached hydrogen (secondary N) is 2. The Morgan fingerprint density at radius 1 is 1.23 bits per heavy atom. The molecule has 1 aromatic carbocycles. The maximum absolute atomic E-state index is 12.1. The molecule has 7 heteroatoms. The highest BCUT2D eigenvalue weighted by Crippen LogP contribution is 2.20. The summed E-state index contributed by atoms with van der Waals surface area (Å²) in [5.41, 5.74) is 2.30. The second kappa shape index (κ2) is 9.07. The standard InChI is InChI=1S/C19H27N5OS/c1-3-24-17(12-20-15-10-8-14(2)9-11-15)22-23-19(24)26-13-18(25)21-16-6-4-5-7-16/h8-11,16,20H,3-7,12-13H2,1-2H3,(H,21,25). The fourth-order valence-electron chi connectivity index (χ4n) is 3.20. The van der Waals surface area contributed by atoms with Crippen LogP contribution < -0.4 is 10.6 Å². The van der Waals surface area contributed by atoms with Crippen LogP contribution in [0.2, 0.25) is 0 Å². The summed E-state index contributed by atoms with van der Waals surface area (Å²) in [6.07, 6.45) is 4.66. The molecule has 0 atom stereocenters. The molecule has 0 saturated heterocycles. The van der Waals surface area contributed by atoms with E-state index >= 15 is 0 Å². The number of carbonyl (C=O) groups is 1. The van der Waals surface area contributed by atoms with Crippen molar-refractivity contribution in [1.82, 2.24) is 20.1 Å². The van der Waals surface area contributed by atoms with Gasteiger partial charge in [-0.3, -0.25) is 4.79 Å². The van der Waals surface area contributed by atoms with Crippen LogP contribution in [0.5, 0.6) is 0 Å². The van der Waals surface area contributed by atoms with Crippen molar-refractivity contribution < 1.29 is 4.79 Å². The minimum atomic E-state index is 0.0897. The first-order valence-corrected chi connectivity index (χ1v) is 10.3. The lowest BCUT2D eigenvalue weighted by Crippen LogP contribution is -2.33. The summed E-state index contributed by atoms with van der Waals surface area (Å²) in [7, 11) is 0. The zero-order chi connectivity index (χ0) is 18.4. The van der Waals surface area contributed by atoms with E-state index < -0.39 is 0 Å². The Balaban J connectivity index is 1.53. The molecule has 2 aromatic rings. The average molecular weight is 374 g/mol. The van der Waals surface area contributed by atoms with Gasteiger partial charge in [-0.2, -0.15) is 0 Å². The van der Waals surface area contributed by atoms with Crippen molar-refractivity contribution in [2.45, 2.75) is 63.8 Å². The topological polar surface area (TPSA) is 71.8 Å². The molecule has 1 aliphatic rings. The summed E-state index contributed by atoms with van der Waals surface area (Å²) < 4.78 is 2.06. The molecule has 0 radical (unpaired) electrons. The number of aromatic nitrogens is 3. The first kappa shape index (κ1) is 18.8. The average Bonchev–Trinajstić information content (AvgIpc) is 3.28. The van der Waals surface area contributed by atoms with Gasteiger partial charge in [0, 0.05) is 18.3 Å². The van der Waals surface area contributed by atoms with Gasteiger partial charge in [-0.1, -0.05) is 42.3 Å². The number of benzene rings is 1. The van der Waals surface area contributed by atoms with Crippen LogP contribution in [0.1, 0.15) is 44.0 Å². The van der Waals surface area contributed by atoms with Crippen LogP contribution in [0.3, 0.4) is 0 Å². The highest BCUT2D eigenvalue weighted by molar-refractivity contribution is 7.99. The van der Waals surface area contributed by atoms with Crippen molar-refractivity contribution >= 4 is 23.4 Å². The Kier molecular flexibility index (Phi) is 6.55. The van der Waals surface area contributed by atoms with Gasteiger partial charge in [0.15, 0.2) is 11.0 Å². The van der Waals surface area contributed by atoms with Crippen molar-refractivity contribution in [3.63, 3.8) is 0 Å². The van der Waals surface area contributed by atoms with Crippen LogP contribution in [0.15, 0.2) is 29.4 Å². The number of anilines is 1. The lowest BCUT2D eigenvalue weighted by Gasteiger charge is -2.12. The van der Waals surface area contributed by atoms with Crippen LogP contribution >= 0.6 is 11.8 Å². The van der Waals surface area contributed by atoms with Crippen molar-refractivity contribution in [2.24, 2.45) is 0 Å². The van der Waals surface area contributed by atoms with E-state index in [1.54, 1.807) is 0 Å². The number of thioether (sulfide) groups is 1. The molecule has 0 bridgehead atoms. The Morgan fingerprint density at radius 2 is 1.96 bits per heavy atom. The largest absolute Gasteiger partial charge is 0.378 e. The molecule has 3 rings (SSSR count). The summed E-state index contributed by atoms with van der Waals surface area (Å²) in [4.78, 5) is 12.1. The van der Waals surface area contributed by atoms with Gasteiger partial charge in [0.2, 0.25) is 5.91 Å². The van der Waals surface area contributed by atoms with E-state index in [0.29, 0.717) is 18.3 Å². The van der Waals surface area contributed by atoms with Gasteiger partial charge in [-0.15, -0.1) is 10.2 Å². The lowest BCUT2D eigenvalue weighted by atomic mass is 10.2. The third kappa shape index (κ3) is 5.00. The molecule has 0 spiro atoms. The zero-order valence-corrected chi connectivity index (χ0v) is 16.3. The van der Waals surface area contributed by atoms with E-state index in [-0.39, 0.29) is 5.91 Å². The van der Waals surface area contributed by atoms with Crippen molar-refractivity contribution in [2.75, 3.05) is 11.1 Å². The number of carbonyl (C=O) groups excluding carboxylic acids is 1. The molecule has 1 amide bonds. The van der Waals surface area contributed by atoms with Crippen LogP contribution in [0.4, 0.5) is 5.69 Å². The van der Waals surface area contributed by atoms with Crippen molar-refractivity contribution in [1.29, 1.82) is 0 Å². The summed E-state index contributed by atoms with van der Waals surface area (Å²) in [6.45, 7) is 5.54. The SMILES string of the molecule is CCn1c(CNc2ccc(C)cc2)nnc1SCC(=O)NC1CCCC1. The fraction of sp³-hybridized carbons (Fsp3) is 0.526. The minimum absolute atomic E-state index is 0.0897. The first-order chi connectivity index (χ1) is 12.7. The Hall–Kier alpha value is -2.02. The third-order valence-corrected chi connectivity index (χ3v) is 5.63. The second-order valence-electron chi connectivity index (χ2n) is 6.70. The number of aryl methyl sites for hydroxylation is 1. The number of rotatable bonds is 8. The highest BCUT2D eigenvalue weighted by atomic mass is 32.2. The third-order valence-electron chi connectivity index (χ3n) is 4.66. The molecule has 140 valence electrons. The second-order valence-corrected chi connectivity index (χ2v) is 7.64. The molecule has 1 aromatic heterocycles. The molecular weight excluding hydrogens is 346 g/mol. The molecule has 1 saturated carbocycles. The first-order valence-electron chi connectivity index (χ1n) is 9.30. The summed E-state index contributed by atoms with van der Waals surface area (Å²) >= 11 is 1.46. The van der Waals surface area contributed by atoms with Crippen LogP contribution in [0.25, 0.3) is 0 Å². The molecule has 1 heterocycles. The number of hydrogen-bond donors (Lipinski definition) is 2. The lowest BCUT2D eigenvalue weighted by molar-refractivity contribution is -0.119. The van der Waals surface area contributed by atoms with Gasteiger partial charge >= 0.3 is 0 Å². The smallest absolute Gasteiger partial charge is 0.230 e. The Morgan fingerprint density at radius 3 is 2.65 bits per heavy atom. The molecule has 1 aliphatic carbocycles. The summed E-state index contributed by atoms with van der Waals surface area (Å²) in [6, 6.07) is 8.64. The van der Waals surface area contributed by atoms with E-state index in [9.17, 15) is 4.79 Å². The predicted octanol–water partition coefficient (Wildman–Crippen LogP) is 3.37. The van der Waals surface area contributed by atoms with Gasteiger partial charge in [0.05, 0.1) is 12.3 Å². The molecule has 0 aliphatic heterocycles. The van der Waals surface area contributed by atoms with Gasteiger partial charge in [0.1, 0.15) is 0 Å². The van der Waals surface area contributed by atoms with Gasteiger partial charge in [-0.25, -0.2) is 0 Å². The van der Waals surface area contributed by atoms with E-state index in [2.05, 4.69) is 63.5 Å². The van der Waals surface area contributed by atoms with E-state index in [1.165, 1.54) is 30.2 Å². The maximum Gasteiger partial charge on any atom is 0.230 e. The van der Waals surface area contributed by atoms with Gasteiger partial charge in [-0.05, 0) is 38.8 Å². The molecule has 26 heavy (non-hydrogen) atoms. The molecule has 6 nitrogen and oxygen atoms in total. The van der Waals surface area contributed by atoms with Crippen molar-refractivity contribution in [3.05, 3.63) is 35.7 Å². The Bertz CT molecular complexity index is 722. The van der Waals surface area contributed by atoms with Crippen molar-refractivity contribution in [3.8, 4) is 0 Å². The number of nitrogens with zero attached hydrogens (tertiary/aromatic N) is 3. The number of hydrogen-bond acceptors (Lipinski definition) is 5. The monoisotopic (exact) mass is 373 g/mol. The van der Waals surface area contributed by atoms with Crippen LogP contribution in [-0.2, 0) is 17.9 Å². The predicted molar refractivity (Wildman–Crippen MR) is 105 cm³/mol. The Labute approximate surface area is 159 Å². The molecule has 1 fully saturated rings. The zero-order valence-electron chi connectivity index (χ0n) is 15.5.